The molecule has 0 radical (unpaired) electrons. The number of hydrogen-bond acceptors (Lipinski definition) is 3. The second kappa shape index (κ2) is 7.09. The van der Waals surface area contributed by atoms with Crippen molar-refractivity contribution in [2.45, 2.75) is 26.3 Å². The highest BCUT2D eigenvalue weighted by atomic mass is 35.5. The number of halogens is 1. The largest absolute Gasteiger partial charge is 0.348 e. The van der Waals surface area contributed by atoms with Crippen LogP contribution in [0.1, 0.15) is 30.6 Å². The van der Waals surface area contributed by atoms with E-state index in [4.69, 9.17) is 11.6 Å². The number of hydrogen-bond donors (Lipinski definition) is 1. The lowest BCUT2D eigenvalue weighted by Gasteiger charge is -2.18. The Balaban J connectivity index is 2.86. The van der Waals surface area contributed by atoms with Gasteiger partial charge in [0.15, 0.2) is 0 Å². The molecule has 1 atom stereocenters. The number of carbonyl (C=O) groups is 1. The first kappa shape index (κ1) is 15.4. The van der Waals surface area contributed by atoms with Crippen LogP contribution in [0.15, 0.2) is 24.3 Å². The van der Waals surface area contributed by atoms with Gasteiger partial charge in [0.2, 0.25) is 0 Å². The van der Waals surface area contributed by atoms with Crippen molar-refractivity contribution in [3.8, 4) is 0 Å². The van der Waals surface area contributed by atoms with Crippen LogP contribution < -0.4 is 5.32 Å². The molecule has 5 nitrogen and oxygen atoms in total. The summed E-state index contributed by atoms with van der Waals surface area (Å²) >= 11 is 5.80. The second-order valence-electron chi connectivity index (χ2n) is 4.73. The summed E-state index contributed by atoms with van der Waals surface area (Å²) in [5, 5.41) is 13.6. The van der Waals surface area contributed by atoms with Crippen LogP contribution in [0.4, 0.5) is 5.69 Å². The number of nitro benzene ring substituents is 1. The Morgan fingerprint density at radius 3 is 2.58 bits per heavy atom. The van der Waals surface area contributed by atoms with Gasteiger partial charge in [-0.25, -0.2) is 0 Å². The lowest BCUT2D eigenvalue weighted by molar-refractivity contribution is -0.385. The highest BCUT2D eigenvalue weighted by Gasteiger charge is 2.21. The van der Waals surface area contributed by atoms with Crippen LogP contribution in [0.5, 0.6) is 0 Å². The molecule has 0 aliphatic heterocycles. The van der Waals surface area contributed by atoms with E-state index < -0.39 is 10.8 Å². The summed E-state index contributed by atoms with van der Waals surface area (Å²) in [5.41, 5.74) is -0.135. The molecule has 19 heavy (non-hydrogen) atoms. The van der Waals surface area contributed by atoms with Crippen LogP contribution in [-0.2, 0) is 0 Å². The lowest BCUT2D eigenvalue weighted by Crippen LogP contribution is -2.37. The van der Waals surface area contributed by atoms with E-state index in [1.54, 1.807) is 6.07 Å². The topological polar surface area (TPSA) is 72.2 Å². The molecule has 0 saturated carbocycles. The van der Waals surface area contributed by atoms with Gasteiger partial charge in [-0.15, -0.1) is 11.6 Å². The Morgan fingerprint density at radius 1 is 1.42 bits per heavy atom. The van der Waals surface area contributed by atoms with Crippen LogP contribution >= 0.6 is 11.6 Å². The van der Waals surface area contributed by atoms with Crippen LogP contribution in [0.2, 0.25) is 0 Å². The molecule has 0 spiro atoms. The van der Waals surface area contributed by atoms with Gasteiger partial charge in [0.05, 0.1) is 4.92 Å². The third kappa shape index (κ3) is 4.52. The molecule has 1 aromatic rings. The minimum Gasteiger partial charge on any atom is -0.348 e. The van der Waals surface area contributed by atoms with E-state index in [1.165, 1.54) is 18.2 Å². The van der Waals surface area contributed by atoms with Crippen molar-refractivity contribution in [2.75, 3.05) is 5.88 Å². The highest BCUT2D eigenvalue weighted by Crippen LogP contribution is 2.18. The van der Waals surface area contributed by atoms with Crippen LogP contribution in [0, 0.1) is 16.0 Å². The first-order chi connectivity index (χ1) is 8.95. The molecule has 1 N–H and O–H groups in total. The van der Waals surface area contributed by atoms with E-state index in [2.05, 4.69) is 5.32 Å². The summed E-state index contributed by atoms with van der Waals surface area (Å²) in [4.78, 5) is 22.3. The molecule has 1 amide bonds. The first-order valence-electron chi connectivity index (χ1n) is 6.06. The zero-order valence-electron chi connectivity index (χ0n) is 10.9. The van der Waals surface area contributed by atoms with Crippen molar-refractivity contribution in [3.05, 3.63) is 39.9 Å². The number of carbonyl (C=O) groups excluding carboxylic acids is 1. The van der Waals surface area contributed by atoms with Gasteiger partial charge in [-0.3, -0.25) is 14.9 Å². The molecule has 0 heterocycles. The second-order valence-corrected chi connectivity index (χ2v) is 5.04. The van der Waals surface area contributed by atoms with Gasteiger partial charge in [0.1, 0.15) is 5.56 Å². The minimum atomic E-state index is -0.562. The molecule has 1 rings (SSSR count). The normalized spacial score (nSPS) is 12.2. The molecular formula is C13H17ClN2O3. The Kier molecular flexibility index (Phi) is 5.76. The van der Waals surface area contributed by atoms with Crippen molar-refractivity contribution in [1.82, 2.24) is 5.32 Å². The average Bonchev–Trinajstić information content (AvgIpc) is 2.37. The molecular weight excluding hydrogens is 268 g/mol. The monoisotopic (exact) mass is 284 g/mol. The molecule has 0 saturated heterocycles. The number of alkyl halides is 1. The number of rotatable bonds is 6. The van der Waals surface area contributed by atoms with Gasteiger partial charge in [-0.2, -0.15) is 0 Å². The SMILES string of the molecule is CC(C)CC(CCl)NC(=O)c1ccccc1[N+](=O)[O-]. The summed E-state index contributed by atoms with van der Waals surface area (Å²) in [6, 6.07) is 5.69. The first-order valence-corrected chi connectivity index (χ1v) is 6.59. The fourth-order valence-electron chi connectivity index (χ4n) is 1.82. The number of nitrogens with one attached hydrogen (secondary N) is 1. The van der Waals surface area contributed by atoms with Gasteiger partial charge in [-0.05, 0) is 18.4 Å². The fraction of sp³-hybridized carbons (Fsp3) is 0.462. The summed E-state index contributed by atoms with van der Waals surface area (Å²) in [7, 11) is 0. The summed E-state index contributed by atoms with van der Waals surface area (Å²) in [6.07, 6.45) is 0.732. The standard InChI is InChI=1S/C13H17ClN2O3/c1-9(2)7-10(8-14)15-13(17)11-5-3-4-6-12(11)16(18)19/h3-6,9-10H,7-8H2,1-2H3,(H,15,17). The number of amides is 1. The summed E-state index contributed by atoms with van der Waals surface area (Å²) < 4.78 is 0. The molecule has 0 aromatic heterocycles. The number of para-hydroxylation sites is 1. The van der Waals surface area contributed by atoms with Gasteiger partial charge in [0.25, 0.3) is 11.6 Å². The number of nitro groups is 1. The van der Waals surface area contributed by atoms with E-state index in [9.17, 15) is 14.9 Å². The van der Waals surface area contributed by atoms with Gasteiger partial charge >= 0.3 is 0 Å². The zero-order valence-corrected chi connectivity index (χ0v) is 11.7. The molecule has 1 aromatic carbocycles. The minimum absolute atomic E-state index is 0.0615. The van der Waals surface area contributed by atoms with Crippen molar-refractivity contribution < 1.29 is 9.72 Å². The number of benzene rings is 1. The van der Waals surface area contributed by atoms with Crippen molar-refractivity contribution in [2.24, 2.45) is 5.92 Å². The van der Waals surface area contributed by atoms with Crippen molar-refractivity contribution in [1.29, 1.82) is 0 Å². The third-order valence-electron chi connectivity index (χ3n) is 2.62. The molecule has 0 bridgehead atoms. The maximum absolute atomic E-state index is 12.0. The quantitative estimate of drug-likeness (QED) is 0.496. The van der Waals surface area contributed by atoms with Crippen LogP contribution in [-0.4, -0.2) is 22.8 Å². The van der Waals surface area contributed by atoms with Gasteiger partial charge < -0.3 is 5.32 Å². The van der Waals surface area contributed by atoms with Crippen molar-refractivity contribution in [3.63, 3.8) is 0 Å². The zero-order chi connectivity index (χ0) is 14.4. The van der Waals surface area contributed by atoms with E-state index >= 15 is 0 Å². The highest BCUT2D eigenvalue weighted by molar-refractivity contribution is 6.18. The van der Waals surface area contributed by atoms with Crippen molar-refractivity contribution >= 4 is 23.2 Å². The average molecular weight is 285 g/mol. The third-order valence-corrected chi connectivity index (χ3v) is 3.00. The predicted molar refractivity (Wildman–Crippen MR) is 74.5 cm³/mol. The van der Waals surface area contributed by atoms with Gasteiger partial charge in [0, 0.05) is 18.0 Å². The predicted octanol–water partition coefficient (Wildman–Crippen LogP) is 2.98. The lowest BCUT2D eigenvalue weighted by atomic mass is 10.0. The van der Waals surface area contributed by atoms with Crippen LogP contribution in [0.25, 0.3) is 0 Å². The van der Waals surface area contributed by atoms with Gasteiger partial charge in [-0.1, -0.05) is 26.0 Å². The Labute approximate surface area is 117 Å². The molecule has 0 aliphatic carbocycles. The van der Waals surface area contributed by atoms with E-state index in [0.29, 0.717) is 5.92 Å². The van der Waals surface area contributed by atoms with E-state index in [-0.39, 0.29) is 23.2 Å². The summed E-state index contributed by atoms with van der Waals surface area (Å²) in [5.74, 6) is 0.207. The Bertz CT molecular complexity index is 463. The molecule has 6 heteroatoms. The van der Waals surface area contributed by atoms with Crippen LogP contribution in [0.3, 0.4) is 0 Å². The maximum atomic E-state index is 12.0. The molecule has 0 aliphatic rings. The Morgan fingerprint density at radius 2 is 2.05 bits per heavy atom. The maximum Gasteiger partial charge on any atom is 0.282 e. The number of nitrogens with zero attached hydrogens (tertiary/aromatic N) is 1. The van der Waals surface area contributed by atoms with E-state index in [1.807, 2.05) is 13.8 Å². The molecule has 1 unspecified atom stereocenters. The molecule has 104 valence electrons. The molecule has 0 fully saturated rings. The van der Waals surface area contributed by atoms with E-state index in [0.717, 1.165) is 6.42 Å². The fourth-order valence-corrected chi connectivity index (χ4v) is 2.02. The smallest absolute Gasteiger partial charge is 0.282 e. The summed E-state index contributed by atoms with van der Waals surface area (Å²) in [6.45, 7) is 4.05. The Hall–Kier alpha value is -1.62.